The number of anilines is 1. The first-order chi connectivity index (χ1) is 7.18. The smallest absolute Gasteiger partial charge is 0.227 e. The van der Waals surface area contributed by atoms with Gasteiger partial charge in [-0.2, -0.15) is 0 Å². The van der Waals surface area contributed by atoms with E-state index in [9.17, 15) is 0 Å². The quantitative estimate of drug-likeness (QED) is 0.827. The Morgan fingerprint density at radius 1 is 1.53 bits per heavy atom. The van der Waals surface area contributed by atoms with Gasteiger partial charge in [0.05, 0.1) is 17.3 Å². The lowest BCUT2D eigenvalue weighted by atomic mass is 10.2. The van der Waals surface area contributed by atoms with E-state index in [1.165, 1.54) is 0 Å². The zero-order chi connectivity index (χ0) is 10.8. The molecule has 0 fully saturated rings. The summed E-state index contributed by atoms with van der Waals surface area (Å²) in [6.45, 7) is 2.80. The molecule has 0 saturated carbocycles. The highest BCUT2D eigenvalue weighted by Gasteiger charge is 2.09. The SMILES string of the molecule is CC(N)CN(C)c1ccnc2occc12. The van der Waals surface area contributed by atoms with E-state index in [1.54, 1.807) is 12.5 Å². The molecule has 0 radical (unpaired) electrons. The number of aromatic nitrogens is 1. The van der Waals surface area contributed by atoms with Crippen molar-refractivity contribution >= 4 is 16.8 Å². The van der Waals surface area contributed by atoms with Crippen LogP contribution in [0.25, 0.3) is 11.1 Å². The van der Waals surface area contributed by atoms with Crippen molar-refractivity contribution in [2.45, 2.75) is 13.0 Å². The molecule has 0 amide bonds. The maximum Gasteiger partial charge on any atom is 0.227 e. The van der Waals surface area contributed by atoms with Gasteiger partial charge in [0.1, 0.15) is 0 Å². The lowest BCUT2D eigenvalue weighted by molar-refractivity contribution is 0.603. The first kappa shape index (κ1) is 9.98. The van der Waals surface area contributed by atoms with E-state index in [0.29, 0.717) is 5.71 Å². The van der Waals surface area contributed by atoms with E-state index in [-0.39, 0.29) is 6.04 Å². The van der Waals surface area contributed by atoms with Gasteiger partial charge in [-0.15, -0.1) is 0 Å². The Hall–Kier alpha value is -1.55. The van der Waals surface area contributed by atoms with Crippen molar-refractivity contribution in [3.05, 3.63) is 24.6 Å². The fourth-order valence-corrected chi connectivity index (χ4v) is 1.72. The minimum atomic E-state index is 0.144. The third kappa shape index (κ3) is 1.94. The van der Waals surface area contributed by atoms with E-state index >= 15 is 0 Å². The second-order valence-electron chi connectivity index (χ2n) is 3.83. The molecule has 4 heteroatoms. The number of likely N-dealkylation sites (N-methyl/N-ethyl adjacent to an activating group) is 1. The van der Waals surface area contributed by atoms with Gasteiger partial charge in [-0.25, -0.2) is 4.98 Å². The summed E-state index contributed by atoms with van der Waals surface area (Å²) >= 11 is 0. The van der Waals surface area contributed by atoms with Crippen LogP contribution in [0.3, 0.4) is 0 Å². The number of hydrogen-bond donors (Lipinski definition) is 1. The number of nitrogens with two attached hydrogens (primary N) is 1. The standard InChI is InChI=1S/C11H15N3O/c1-8(12)7-14(2)10-3-5-13-11-9(10)4-6-15-11/h3-6,8H,7,12H2,1-2H3. The lowest BCUT2D eigenvalue weighted by Gasteiger charge is -2.21. The third-order valence-electron chi connectivity index (χ3n) is 2.32. The molecule has 0 aliphatic heterocycles. The van der Waals surface area contributed by atoms with Crippen LogP contribution in [-0.4, -0.2) is 24.6 Å². The van der Waals surface area contributed by atoms with Crippen LogP contribution < -0.4 is 10.6 Å². The second kappa shape index (κ2) is 3.90. The molecular weight excluding hydrogens is 190 g/mol. The molecule has 1 unspecified atom stereocenters. The normalized spacial score (nSPS) is 13.0. The molecule has 4 nitrogen and oxygen atoms in total. The molecule has 0 aliphatic carbocycles. The fraction of sp³-hybridized carbons (Fsp3) is 0.364. The summed E-state index contributed by atoms with van der Waals surface area (Å²) in [7, 11) is 2.02. The zero-order valence-corrected chi connectivity index (χ0v) is 8.97. The Balaban J connectivity index is 2.38. The zero-order valence-electron chi connectivity index (χ0n) is 8.97. The minimum Gasteiger partial charge on any atom is -0.446 e. The molecule has 0 spiro atoms. The molecule has 2 aromatic heterocycles. The predicted octanol–water partition coefficient (Wildman–Crippen LogP) is 1.61. The van der Waals surface area contributed by atoms with Gasteiger partial charge in [0, 0.05) is 25.8 Å². The van der Waals surface area contributed by atoms with Gasteiger partial charge in [-0.1, -0.05) is 0 Å². The molecule has 2 rings (SSSR count). The second-order valence-corrected chi connectivity index (χ2v) is 3.83. The summed E-state index contributed by atoms with van der Waals surface area (Å²) in [5, 5.41) is 1.03. The van der Waals surface area contributed by atoms with Crippen molar-refractivity contribution in [3.8, 4) is 0 Å². The minimum absolute atomic E-state index is 0.144. The van der Waals surface area contributed by atoms with Crippen LogP contribution in [-0.2, 0) is 0 Å². The molecule has 0 saturated heterocycles. The summed E-state index contributed by atoms with van der Waals surface area (Å²) in [5.41, 5.74) is 7.54. The van der Waals surface area contributed by atoms with Gasteiger partial charge in [0.2, 0.25) is 5.71 Å². The number of fused-ring (bicyclic) bond motifs is 1. The summed E-state index contributed by atoms with van der Waals surface area (Å²) in [6, 6.07) is 4.04. The number of pyridine rings is 1. The topological polar surface area (TPSA) is 55.3 Å². The van der Waals surface area contributed by atoms with Crippen molar-refractivity contribution in [3.63, 3.8) is 0 Å². The van der Waals surface area contributed by atoms with Crippen LogP contribution >= 0.6 is 0 Å². The molecule has 0 bridgehead atoms. The van der Waals surface area contributed by atoms with E-state index in [1.807, 2.05) is 26.1 Å². The third-order valence-corrected chi connectivity index (χ3v) is 2.32. The average Bonchev–Trinajstić information content (AvgIpc) is 2.63. The summed E-state index contributed by atoms with van der Waals surface area (Å²) < 4.78 is 5.24. The highest BCUT2D eigenvalue weighted by atomic mass is 16.3. The maximum absolute atomic E-state index is 5.77. The lowest BCUT2D eigenvalue weighted by Crippen LogP contribution is -2.32. The maximum atomic E-state index is 5.77. The molecule has 15 heavy (non-hydrogen) atoms. The Kier molecular flexibility index (Phi) is 2.60. The fourth-order valence-electron chi connectivity index (χ4n) is 1.72. The first-order valence-electron chi connectivity index (χ1n) is 4.97. The van der Waals surface area contributed by atoms with Gasteiger partial charge >= 0.3 is 0 Å². The van der Waals surface area contributed by atoms with Crippen LogP contribution in [0.15, 0.2) is 29.0 Å². The van der Waals surface area contributed by atoms with Crippen LogP contribution in [0, 0.1) is 0 Å². The van der Waals surface area contributed by atoms with Gasteiger partial charge in [-0.3, -0.25) is 0 Å². The molecule has 2 heterocycles. The molecule has 0 aliphatic rings. The Morgan fingerprint density at radius 2 is 2.33 bits per heavy atom. The predicted molar refractivity (Wildman–Crippen MR) is 60.9 cm³/mol. The van der Waals surface area contributed by atoms with Crippen molar-refractivity contribution in [2.24, 2.45) is 5.73 Å². The van der Waals surface area contributed by atoms with Crippen molar-refractivity contribution in [1.29, 1.82) is 0 Å². The van der Waals surface area contributed by atoms with Crippen LogP contribution in [0.5, 0.6) is 0 Å². The van der Waals surface area contributed by atoms with E-state index in [0.717, 1.165) is 17.6 Å². The Morgan fingerprint density at radius 3 is 3.07 bits per heavy atom. The summed E-state index contributed by atoms with van der Waals surface area (Å²) in [4.78, 5) is 6.25. The van der Waals surface area contributed by atoms with Crippen molar-refractivity contribution in [1.82, 2.24) is 4.98 Å². The van der Waals surface area contributed by atoms with Crippen molar-refractivity contribution in [2.75, 3.05) is 18.5 Å². The summed E-state index contributed by atoms with van der Waals surface area (Å²) in [5.74, 6) is 0. The average molecular weight is 205 g/mol. The molecule has 80 valence electrons. The van der Waals surface area contributed by atoms with Gasteiger partial charge < -0.3 is 15.1 Å². The molecule has 0 aromatic carbocycles. The van der Waals surface area contributed by atoms with Gasteiger partial charge in [-0.05, 0) is 19.1 Å². The van der Waals surface area contributed by atoms with E-state index in [2.05, 4.69) is 9.88 Å². The van der Waals surface area contributed by atoms with Crippen LogP contribution in [0.2, 0.25) is 0 Å². The van der Waals surface area contributed by atoms with Crippen LogP contribution in [0.4, 0.5) is 5.69 Å². The molecular formula is C11H15N3O. The van der Waals surface area contributed by atoms with Crippen LogP contribution in [0.1, 0.15) is 6.92 Å². The monoisotopic (exact) mass is 205 g/mol. The molecule has 2 aromatic rings. The van der Waals surface area contributed by atoms with Crippen molar-refractivity contribution < 1.29 is 4.42 Å². The van der Waals surface area contributed by atoms with Gasteiger partial charge in [0.15, 0.2) is 0 Å². The summed E-state index contributed by atoms with van der Waals surface area (Å²) in [6.07, 6.45) is 3.40. The van der Waals surface area contributed by atoms with E-state index in [4.69, 9.17) is 10.2 Å². The van der Waals surface area contributed by atoms with E-state index < -0.39 is 0 Å². The van der Waals surface area contributed by atoms with Gasteiger partial charge in [0.25, 0.3) is 0 Å². The highest BCUT2D eigenvalue weighted by Crippen LogP contribution is 2.24. The largest absolute Gasteiger partial charge is 0.446 e. The molecule has 1 atom stereocenters. The number of rotatable bonds is 3. The molecule has 2 N–H and O–H groups in total. The number of hydrogen-bond acceptors (Lipinski definition) is 4. The number of furan rings is 1. The Bertz CT molecular complexity index is 450. The number of nitrogens with zero attached hydrogens (tertiary/aromatic N) is 2. The Labute approximate surface area is 88.7 Å². The highest BCUT2D eigenvalue weighted by molar-refractivity contribution is 5.88. The first-order valence-corrected chi connectivity index (χ1v) is 4.97.